The number of unbranched alkanes of at least 4 members (excludes halogenated alkanes) is 13. The maximum atomic E-state index is 12.3. The fourth-order valence-corrected chi connectivity index (χ4v) is 6.24. The summed E-state index contributed by atoms with van der Waals surface area (Å²) in [5, 5.41) is 0. The van der Waals surface area contributed by atoms with Gasteiger partial charge in [0.1, 0.15) is 18.2 Å². The summed E-state index contributed by atoms with van der Waals surface area (Å²) < 4.78 is 36.2. The topological polar surface area (TPSA) is 130 Å². The monoisotopic (exact) mass is 598 g/mol. The molecule has 4 N–H and O–H groups in total. The molecule has 3 unspecified atom stereocenters. The molecule has 41 heavy (non-hydrogen) atoms. The van der Waals surface area contributed by atoms with Crippen LogP contribution in [0.3, 0.4) is 0 Å². The van der Waals surface area contributed by atoms with Gasteiger partial charge in [-0.1, -0.05) is 90.4 Å². The quantitative estimate of drug-likeness (QED) is 0.0861. The molecule has 1 aromatic rings. The zero-order valence-electron chi connectivity index (χ0n) is 25.3. The Morgan fingerprint density at radius 1 is 0.927 bits per heavy atom. The van der Waals surface area contributed by atoms with Gasteiger partial charge in [-0.3, -0.25) is 13.7 Å². The van der Waals surface area contributed by atoms with Gasteiger partial charge in [-0.05, 0) is 37.8 Å². The molecule has 2 aliphatic heterocycles. The van der Waals surface area contributed by atoms with Gasteiger partial charge in [0.2, 0.25) is 0 Å². The predicted octanol–water partition coefficient (Wildman–Crippen LogP) is 6.95. The molecular weight excluding hydrogens is 543 g/mol. The number of phosphoric ester groups is 1. The van der Waals surface area contributed by atoms with E-state index in [0.29, 0.717) is 25.5 Å². The first kappa shape index (κ1) is 34.1. The van der Waals surface area contributed by atoms with E-state index in [-0.39, 0.29) is 25.4 Å². The van der Waals surface area contributed by atoms with Gasteiger partial charge in [0.05, 0.1) is 31.1 Å². The number of aliphatic imine (C=N–C) groups is 1. The Kier molecular flexibility index (Phi) is 16.4. The fourth-order valence-electron chi connectivity index (χ4n) is 5.45. The van der Waals surface area contributed by atoms with Crippen molar-refractivity contribution in [3.63, 3.8) is 0 Å². The largest absolute Gasteiger partial charge is 0.472 e. The Morgan fingerprint density at radius 3 is 2.24 bits per heavy atom. The first-order chi connectivity index (χ1) is 20.0. The van der Waals surface area contributed by atoms with Gasteiger partial charge in [-0.25, -0.2) is 9.56 Å². The number of fused-ring (bicyclic) bond motifs is 1. The van der Waals surface area contributed by atoms with Crippen molar-refractivity contribution in [2.75, 3.05) is 38.5 Å². The van der Waals surface area contributed by atoms with E-state index in [1.807, 2.05) is 16.8 Å². The Labute approximate surface area is 247 Å². The lowest BCUT2D eigenvalue weighted by Crippen LogP contribution is -2.32. The van der Waals surface area contributed by atoms with Gasteiger partial charge in [-0.15, -0.1) is 0 Å². The minimum atomic E-state index is -4.13. The van der Waals surface area contributed by atoms with Crippen LogP contribution >= 0.6 is 7.82 Å². The molecule has 11 heteroatoms. The van der Waals surface area contributed by atoms with Crippen LogP contribution in [0.2, 0.25) is 0 Å². The molecule has 236 valence electrons. The highest BCUT2D eigenvalue weighted by atomic mass is 31.2. The molecule has 0 radical (unpaired) electrons. The van der Waals surface area contributed by atoms with E-state index in [2.05, 4.69) is 17.3 Å². The summed E-state index contributed by atoms with van der Waals surface area (Å²) in [5.74, 6) is 0.492. The number of amidine groups is 1. The third kappa shape index (κ3) is 13.2. The number of aromatic nitrogens is 1. The Morgan fingerprint density at radius 2 is 1.56 bits per heavy atom. The maximum absolute atomic E-state index is 12.3. The van der Waals surface area contributed by atoms with Crippen LogP contribution in [0, 0.1) is 0 Å². The van der Waals surface area contributed by atoms with Gasteiger partial charge in [0.15, 0.2) is 0 Å². The second kappa shape index (κ2) is 19.7. The standard InChI is InChI=1S/C30H55N4O6P/c1-2-3-4-5-6-7-8-9-10-11-12-13-14-15-21-37-22-16-23-38-41(35,36)39-24-26-17-20-29(40-26)27-18-19-28-30(31)32-25-33-34(27)28/h18-19,26,29,33H,2-17,20-25H2,1H3,(H2,31,32)(H,35,36). The first-order valence-electron chi connectivity index (χ1n) is 16.1. The van der Waals surface area contributed by atoms with E-state index in [4.69, 9.17) is 24.3 Å². The molecule has 0 spiro atoms. The van der Waals surface area contributed by atoms with Gasteiger partial charge in [0.25, 0.3) is 0 Å². The summed E-state index contributed by atoms with van der Waals surface area (Å²) in [4.78, 5) is 14.2. The predicted molar refractivity (Wildman–Crippen MR) is 164 cm³/mol. The van der Waals surface area contributed by atoms with Crippen molar-refractivity contribution in [2.45, 2.75) is 128 Å². The number of rotatable bonds is 24. The van der Waals surface area contributed by atoms with E-state index in [1.165, 1.54) is 83.5 Å². The third-order valence-electron chi connectivity index (χ3n) is 7.84. The Hall–Kier alpha value is -1.42. The second-order valence-corrected chi connectivity index (χ2v) is 12.8. The van der Waals surface area contributed by atoms with Crippen LogP contribution in [-0.2, 0) is 23.1 Å². The number of nitrogens with zero attached hydrogens (tertiary/aromatic N) is 2. The lowest BCUT2D eigenvalue weighted by atomic mass is 10.0. The van der Waals surface area contributed by atoms with Crippen LogP contribution in [0.25, 0.3) is 0 Å². The molecule has 3 atom stereocenters. The van der Waals surface area contributed by atoms with Gasteiger partial charge < -0.3 is 25.5 Å². The summed E-state index contributed by atoms with van der Waals surface area (Å²) in [7, 11) is -4.13. The normalized spacial score (nSPS) is 20.0. The molecule has 3 heterocycles. The molecule has 0 bridgehead atoms. The average molecular weight is 599 g/mol. The molecule has 10 nitrogen and oxygen atoms in total. The summed E-state index contributed by atoms with van der Waals surface area (Å²) in [6, 6.07) is 3.87. The highest BCUT2D eigenvalue weighted by Crippen LogP contribution is 2.44. The van der Waals surface area contributed by atoms with Crippen molar-refractivity contribution in [2.24, 2.45) is 10.7 Å². The average Bonchev–Trinajstić information content (AvgIpc) is 3.61. The third-order valence-corrected chi connectivity index (χ3v) is 8.83. The SMILES string of the molecule is CCCCCCCCCCCCCCCCOCCCOP(=O)(O)OCC1CCC(c2ccc3n2NCN=C3N)O1. The van der Waals surface area contributed by atoms with Crippen molar-refractivity contribution in [3.05, 3.63) is 23.5 Å². The lowest BCUT2D eigenvalue weighted by Gasteiger charge is -2.21. The summed E-state index contributed by atoms with van der Waals surface area (Å²) in [5.41, 5.74) is 10.9. The van der Waals surface area contributed by atoms with Crippen molar-refractivity contribution in [3.8, 4) is 0 Å². The van der Waals surface area contributed by atoms with Crippen molar-refractivity contribution >= 4 is 13.7 Å². The van der Waals surface area contributed by atoms with E-state index >= 15 is 0 Å². The molecule has 0 aromatic carbocycles. The molecule has 0 aliphatic carbocycles. The summed E-state index contributed by atoms with van der Waals surface area (Å²) >= 11 is 0. The maximum Gasteiger partial charge on any atom is 0.472 e. The zero-order chi connectivity index (χ0) is 29.2. The van der Waals surface area contributed by atoms with Crippen LogP contribution in [0.4, 0.5) is 0 Å². The molecule has 0 saturated carbocycles. The highest BCUT2D eigenvalue weighted by molar-refractivity contribution is 7.47. The second-order valence-electron chi connectivity index (χ2n) is 11.3. The minimum absolute atomic E-state index is 0.00446. The number of hydrogen-bond donors (Lipinski definition) is 3. The van der Waals surface area contributed by atoms with Crippen LogP contribution in [0.5, 0.6) is 0 Å². The van der Waals surface area contributed by atoms with E-state index in [0.717, 1.165) is 37.3 Å². The summed E-state index contributed by atoms with van der Waals surface area (Å²) in [6.07, 6.45) is 20.4. The van der Waals surface area contributed by atoms with E-state index in [9.17, 15) is 9.46 Å². The van der Waals surface area contributed by atoms with Gasteiger partial charge in [0, 0.05) is 13.2 Å². The fraction of sp³-hybridized carbons (Fsp3) is 0.833. The summed E-state index contributed by atoms with van der Waals surface area (Å²) in [6.45, 7) is 4.04. The Bertz CT molecular complexity index is 927. The van der Waals surface area contributed by atoms with Crippen molar-refractivity contribution in [1.29, 1.82) is 0 Å². The molecule has 1 fully saturated rings. The Balaban J connectivity index is 1.10. The molecule has 1 saturated heterocycles. The number of ether oxygens (including phenoxy) is 2. The van der Waals surface area contributed by atoms with Crippen LogP contribution in [0.1, 0.15) is 134 Å². The van der Waals surface area contributed by atoms with E-state index < -0.39 is 7.82 Å². The number of nitrogens with two attached hydrogens (primary N) is 1. The van der Waals surface area contributed by atoms with Crippen molar-refractivity contribution < 1.29 is 28.0 Å². The van der Waals surface area contributed by atoms with Gasteiger partial charge in [-0.2, -0.15) is 0 Å². The van der Waals surface area contributed by atoms with Crippen molar-refractivity contribution in [1.82, 2.24) is 4.68 Å². The van der Waals surface area contributed by atoms with Gasteiger partial charge >= 0.3 is 7.82 Å². The number of nitrogens with one attached hydrogen (secondary N) is 1. The van der Waals surface area contributed by atoms with Crippen LogP contribution < -0.4 is 11.2 Å². The lowest BCUT2D eigenvalue weighted by molar-refractivity contribution is 0.00401. The zero-order valence-corrected chi connectivity index (χ0v) is 26.2. The molecule has 3 rings (SSSR count). The number of phosphoric acid groups is 1. The number of hydrogen-bond acceptors (Lipinski definition) is 8. The minimum Gasteiger partial charge on any atom is -0.382 e. The molecule has 2 aliphatic rings. The molecule has 0 amide bonds. The van der Waals surface area contributed by atoms with E-state index in [1.54, 1.807) is 0 Å². The van der Waals surface area contributed by atoms with Crippen LogP contribution in [-0.4, -0.2) is 54.6 Å². The smallest absolute Gasteiger partial charge is 0.382 e. The molecular formula is C30H55N4O6P. The van der Waals surface area contributed by atoms with Crippen LogP contribution in [0.15, 0.2) is 17.1 Å². The molecule has 1 aromatic heterocycles. The highest BCUT2D eigenvalue weighted by Gasteiger charge is 2.32. The first-order valence-corrected chi connectivity index (χ1v) is 17.6.